The molecule has 0 saturated heterocycles. The molecule has 0 fully saturated rings. The summed E-state index contributed by atoms with van der Waals surface area (Å²) in [4.78, 5) is 11.4. The zero-order valence-electron chi connectivity index (χ0n) is 11.2. The summed E-state index contributed by atoms with van der Waals surface area (Å²) in [7, 11) is -4.08. The van der Waals surface area contributed by atoms with Gasteiger partial charge < -0.3 is 0 Å². The molecule has 0 atom stereocenters. The molecule has 1 N–H and O–H groups in total. The second-order valence-electron chi connectivity index (χ2n) is 4.41. The van der Waals surface area contributed by atoms with E-state index in [0.717, 1.165) is 6.07 Å². The predicted molar refractivity (Wildman–Crippen MR) is 71.1 cm³/mol. The minimum Gasteiger partial charge on any atom is -0.274 e. The zero-order chi connectivity index (χ0) is 15.5. The first-order chi connectivity index (χ1) is 9.87. The number of amides is 1. The molecule has 0 aliphatic heterocycles. The maximum absolute atomic E-state index is 13.2. The summed E-state index contributed by atoms with van der Waals surface area (Å²) in [5.41, 5.74) is 0.449. The molecule has 1 aromatic heterocycles. The Balaban J connectivity index is 2.04. The third-order valence-electron chi connectivity index (χ3n) is 2.61. The minimum absolute atomic E-state index is 0.0864. The summed E-state index contributed by atoms with van der Waals surface area (Å²) in [6.07, 6.45) is 2.92. The van der Waals surface area contributed by atoms with E-state index in [-0.39, 0.29) is 17.9 Å². The third kappa shape index (κ3) is 4.09. The highest BCUT2D eigenvalue weighted by atomic mass is 32.2. The fourth-order valence-electron chi connectivity index (χ4n) is 1.69. The molecular formula is C12H13FN4O3S. The summed E-state index contributed by atoms with van der Waals surface area (Å²) in [5.74, 6) is -1.38. The Morgan fingerprint density at radius 2 is 2.14 bits per heavy atom. The summed E-state index contributed by atoms with van der Waals surface area (Å²) in [6.45, 7) is 1.76. The van der Waals surface area contributed by atoms with E-state index in [4.69, 9.17) is 0 Å². The molecule has 9 heteroatoms. The fourth-order valence-corrected chi connectivity index (χ4v) is 2.81. The maximum atomic E-state index is 13.2. The van der Waals surface area contributed by atoms with Crippen molar-refractivity contribution in [3.05, 3.63) is 42.0 Å². The van der Waals surface area contributed by atoms with E-state index in [0.29, 0.717) is 5.56 Å². The van der Waals surface area contributed by atoms with Crippen LogP contribution in [0.25, 0.3) is 0 Å². The van der Waals surface area contributed by atoms with Gasteiger partial charge in [0.15, 0.2) is 0 Å². The Morgan fingerprint density at radius 1 is 1.38 bits per heavy atom. The summed E-state index contributed by atoms with van der Waals surface area (Å²) in [5, 5.41) is 7.22. The molecule has 1 heterocycles. The lowest BCUT2D eigenvalue weighted by Gasteiger charge is -2.08. The molecule has 0 aliphatic rings. The topological polar surface area (TPSA) is 94.0 Å². The van der Waals surface area contributed by atoms with E-state index in [9.17, 15) is 17.6 Å². The smallest absolute Gasteiger partial charge is 0.264 e. The molecule has 2 aromatic rings. The molecule has 7 nitrogen and oxygen atoms in total. The Hall–Kier alpha value is -2.29. The first kappa shape index (κ1) is 15.1. The first-order valence-corrected chi connectivity index (χ1v) is 7.52. The molecular weight excluding hydrogens is 299 g/mol. The lowest BCUT2D eigenvalue weighted by molar-refractivity contribution is -0.119. The van der Waals surface area contributed by atoms with Gasteiger partial charge in [0.2, 0.25) is 5.91 Å². The van der Waals surface area contributed by atoms with Gasteiger partial charge in [-0.15, -0.1) is 5.10 Å². The minimum atomic E-state index is -4.08. The lowest BCUT2D eigenvalue weighted by atomic mass is 10.2. The second kappa shape index (κ2) is 6.00. The number of halogens is 1. The SMILES string of the molecule is Cc1cc(F)cc(S(=O)(=O)NC(=O)CCn2ccnn2)c1. The van der Waals surface area contributed by atoms with E-state index < -0.39 is 21.7 Å². The Bertz CT molecular complexity index is 724. The van der Waals surface area contributed by atoms with E-state index >= 15 is 0 Å². The number of carbonyl (C=O) groups is 1. The third-order valence-corrected chi connectivity index (χ3v) is 3.97. The molecule has 21 heavy (non-hydrogen) atoms. The molecule has 0 spiro atoms. The molecule has 0 bridgehead atoms. The van der Waals surface area contributed by atoms with Gasteiger partial charge in [-0.1, -0.05) is 5.21 Å². The Kier molecular flexibility index (Phi) is 4.32. The number of hydrogen-bond donors (Lipinski definition) is 1. The molecule has 2 rings (SSSR count). The van der Waals surface area contributed by atoms with Crippen molar-refractivity contribution in [2.24, 2.45) is 0 Å². The molecule has 0 aliphatic carbocycles. The Morgan fingerprint density at radius 3 is 2.76 bits per heavy atom. The molecule has 0 unspecified atom stereocenters. The van der Waals surface area contributed by atoms with Crippen LogP contribution >= 0.6 is 0 Å². The van der Waals surface area contributed by atoms with Crippen LogP contribution in [0.1, 0.15) is 12.0 Å². The van der Waals surface area contributed by atoms with Crippen LogP contribution < -0.4 is 4.72 Å². The highest BCUT2D eigenvalue weighted by molar-refractivity contribution is 7.90. The van der Waals surface area contributed by atoms with Crippen LogP contribution in [-0.2, 0) is 21.4 Å². The molecule has 1 aromatic carbocycles. The standard InChI is InChI=1S/C12H13FN4O3S/c1-9-6-10(13)8-11(7-9)21(19,20)15-12(18)2-4-17-5-3-14-16-17/h3,5-8H,2,4H2,1H3,(H,15,18). The van der Waals surface area contributed by atoms with E-state index in [1.165, 1.54) is 23.0 Å². The highest BCUT2D eigenvalue weighted by Gasteiger charge is 2.18. The number of carbonyl (C=O) groups excluding carboxylic acids is 1. The number of rotatable bonds is 5. The quantitative estimate of drug-likeness (QED) is 0.873. The van der Waals surface area contributed by atoms with Crippen molar-refractivity contribution in [3.63, 3.8) is 0 Å². The van der Waals surface area contributed by atoms with Crippen molar-refractivity contribution in [1.29, 1.82) is 0 Å². The van der Waals surface area contributed by atoms with E-state index in [1.54, 1.807) is 13.1 Å². The highest BCUT2D eigenvalue weighted by Crippen LogP contribution is 2.13. The van der Waals surface area contributed by atoms with Crippen molar-refractivity contribution < 1.29 is 17.6 Å². The summed E-state index contributed by atoms with van der Waals surface area (Å²) in [6, 6.07) is 3.35. The van der Waals surface area contributed by atoms with Crippen LogP contribution in [0.3, 0.4) is 0 Å². The summed E-state index contributed by atoms with van der Waals surface area (Å²) >= 11 is 0. The maximum Gasteiger partial charge on any atom is 0.264 e. The monoisotopic (exact) mass is 312 g/mol. The Labute approximate surface area is 120 Å². The molecule has 0 radical (unpaired) electrons. The number of aryl methyl sites for hydroxylation is 2. The molecule has 0 saturated carbocycles. The van der Waals surface area contributed by atoms with Crippen LogP contribution in [0.4, 0.5) is 4.39 Å². The van der Waals surface area contributed by atoms with E-state index in [1.807, 2.05) is 4.72 Å². The van der Waals surface area contributed by atoms with Gasteiger partial charge in [0.1, 0.15) is 5.82 Å². The number of nitrogens with one attached hydrogen (secondary N) is 1. The van der Waals surface area contributed by atoms with Crippen LogP contribution in [0.15, 0.2) is 35.5 Å². The van der Waals surface area contributed by atoms with Gasteiger partial charge in [-0.3, -0.25) is 9.48 Å². The van der Waals surface area contributed by atoms with Gasteiger partial charge >= 0.3 is 0 Å². The molecule has 1 amide bonds. The van der Waals surface area contributed by atoms with Gasteiger partial charge in [-0.25, -0.2) is 17.5 Å². The van der Waals surface area contributed by atoms with Gasteiger partial charge in [0.05, 0.1) is 17.6 Å². The van der Waals surface area contributed by atoms with Crippen molar-refractivity contribution in [1.82, 2.24) is 19.7 Å². The number of nitrogens with zero attached hydrogens (tertiary/aromatic N) is 3. The largest absolute Gasteiger partial charge is 0.274 e. The van der Waals surface area contributed by atoms with Crippen LogP contribution in [-0.4, -0.2) is 29.3 Å². The average Bonchev–Trinajstić information content (AvgIpc) is 2.87. The van der Waals surface area contributed by atoms with Gasteiger partial charge in [-0.05, 0) is 30.7 Å². The number of hydrogen-bond acceptors (Lipinski definition) is 5. The predicted octanol–water partition coefficient (Wildman–Crippen LogP) is 0.621. The zero-order valence-corrected chi connectivity index (χ0v) is 12.0. The first-order valence-electron chi connectivity index (χ1n) is 6.04. The van der Waals surface area contributed by atoms with Crippen LogP contribution in [0.2, 0.25) is 0 Å². The lowest BCUT2D eigenvalue weighted by Crippen LogP contribution is -2.31. The number of benzene rings is 1. The van der Waals surface area contributed by atoms with Crippen molar-refractivity contribution in [3.8, 4) is 0 Å². The number of sulfonamides is 1. The van der Waals surface area contributed by atoms with Gasteiger partial charge in [-0.2, -0.15) is 0 Å². The van der Waals surface area contributed by atoms with Gasteiger partial charge in [0, 0.05) is 12.6 Å². The van der Waals surface area contributed by atoms with Crippen molar-refractivity contribution >= 4 is 15.9 Å². The fraction of sp³-hybridized carbons (Fsp3) is 0.250. The average molecular weight is 312 g/mol. The van der Waals surface area contributed by atoms with Crippen molar-refractivity contribution in [2.45, 2.75) is 24.8 Å². The number of aromatic nitrogens is 3. The molecule has 112 valence electrons. The van der Waals surface area contributed by atoms with Crippen LogP contribution in [0, 0.1) is 12.7 Å². The van der Waals surface area contributed by atoms with Gasteiger partial charge in [0.25, 0.3) is 10.0 Å². The van der Waals surface area contributed by atoms with E-state index in [2.05, 4.69) is 10.3 Å². The summed E-state index contributed by atoms with van der Waals surface area (Å²) < 4.78 is 40.5. The normalized spacial score (nSPS) is 11.3. The van der Waals surface area contributed by atoms with Crippen LogP contribution in [0.5, 0.6) is 0 Å². The van der Waals surface area contributed by atoms with Crippen molar-refractivity contribution in [2.75, 3.05) is 0 Å². The second-order valence-corrected chi connectivity index (χ2v) is 6.09.